The molecule has 2 amide bonds. The molecule has 4 N–H and O–H groups in total. The first-order chi connectivity index (χ1) is 12.0. The lowest BCUT2D eigenvalue weighted by molar-refractivity contribution is -0.111. The predicted molar refractivity (Wildman–Crippen MR) is 95.8 cm³/mol. The zero-order chi connectivity index (χ0) is 18.0. The molecule has 0 radical (unpaired) electrons. The van der Waals surface area contributed by atoms with Crippen molar-refractivity contribution in [1.29, 1.82) is 5.26 Å². The van der Waals surface area contributed by atoms with Crippen LogP contribution in [-0.4, -0.2) is 16.8 Å². The summed E-state index contributed by atoms with van der Waals surface area (Å²) in [5, 5.41) is 12.7. The van der Waals surface area contributed by atoms with Crippen molar-refractivity contribution in [3.8, 4) is 17.2 Å². The number of anilines is 1. The van der Waals surface area contributed by atoms with Gasteiger partial charge < -0.3 is 16.0 Å². The van der Waals surface area contributed by atoms with Crippen molar-refractivity contribution < 1.29 is 9.59 Å². The standard InChI is InChI=1S/C19H14N4O2/c1-2-17(24)23-13-8-11(10-20)7-12(9-13)14-3-4-16(19(21)25)18-15(14)5-6-22-18/h2-9,22H,1H2,(H2,21,25)(H,23,24). The lowest BCUT2D eigenvalue weighted by Crippen LogP contribution is -2.11. The predicted octanol–water partition coefficient (Wildman–Crippen LogP) is 2.93. The molecule has 6 heteroatoms. The van der Waals surface area contributed by atoms with Crippen LogP contribution in [0.5, 0.6) is 0 Å². The normalized spacial score (nSPS) is 10.2. The molecular weight excluding hydrogens is 316 g/mol. The molecule has 2 aromatic carbocycles. The molecule has 0 aliphatic heterocycles. The molecule has 0 fully saturated rings. The first-order valence-electron chi connectivity index (χ1n) is 7.42. The zero-order valence-electron chi connectivity index (χ0n) is 13.2. The Morgan fingerprint density at radius 2 is 2.04 bits per heavy atom. The number of nitriles is 1. The van der Waals surface area contributed by atoms with Crippen molar-refractivity contribution in [2.45, 2.75) is 0 Å². The summed E-state index contributed by atoms with van der Waals surface area (Å²) in [6.07, 6.45) is 2.87. The van der Waals surface area contributed by atoms with E-state index in [1.165, 1.54) is 0 Å². The number of primary amides is 1. The molecule has 1 aromatic heterocycles. The molecule has 0 atom stereocenters. The van der Waals surface area contributed by atoms with Gasteiger partial charge in [0.25, 0.3) is 5.91 Å². The first-order valence-corrected chi connectivity index (χ1v) is 7.42. The van der Waals surface area contributed by atoms with E-state index >= 15 is 0 Å². The molecule has 0 unspecified atom stereocenters. The summed E-state index contributed by atoms with van der Waals surface area (Å²) in [6.45, 7) is 3.42. The summed E-state index contributed by atoms with van der Waals surface area (Å²) in [5.41, 5.74) is 8.86. The summed E-state index contributed by atoms with van der Waals surface area (Å²) in [5.74, 6) is -0.888. The number of nitrogens with zero attached hydrogens (tertiary/aromatic N) is 1. The largest absolute Gasteiger partial charge is 0.366 e. The van der Waals surface area contributed by atoms with E-state index in [2.05, 4.69) is 22.9 Å². The highest BCUT2D eigenvalue weighted by molar-refractivity contribution is 6.09. The fraction of sp³-hybridized carbons (Fsp3) is 0. The van der Waals surface area contributed by atoms with Crippen LogP contribution < -0.4 is 11.1 Å². The SMILES string of the molecule is C=CC(=O)Nc1cc(C#N)cc(-c2ccc(C(N)=O)c3[nH]ccc23)c1. The number of fused-ring (bicyclic) bond motifs is 1. The van der Waals surface area contributed by atoms with Crippen molar-refractivity contribution in [2.75, 3.05) is 5.32 Å². The van der Waals surface area contributed by atoms with Gasteiger partial charge in [0, 0.05) is 17.3 Å². The van der Waals surface area contributed by atoms with Crippen LogP contribution in [0.25, 0.3) is 22.0 Å². The second kappa shape index (κ2) is 6.34. The van der Waals surface area contributed by atoms with Crippen LogP contribution in [0.1, 0.15) is 15.9 Å². The highest BCUT2D eigenvalue weighted by Gasteiger charge is 2.13. The molecule has 6 nitrogen and oxygen atoms in total. The second-order valence-corrected chi connectivity index (χ2v) is 5.40. The number of benzene rings is 2. The smallest absolute Gasteiger partial charge is 0.250 e. The Bertz CT molecular complexity index is 1060. The third-order valence-corrected chi connectivity index (χ3v) is 3.81. The van der Waals surface area contributed by atoms with Gasteiger partial charge in [-0.05, 0) is 47.5 Å². The summed E-state index contributed by atoms with van der Waals surface area (Å²) >= 11 is 0. The molecular formula is C19H14N4O2. The van der Waals surface area contributed by atoms with Gasteiger partial charge in [0.05, 0.1) is 22.7 Å². The zero-order valence-corrected chi connectivity index (χ0v) is 13.2. The van der Waals surface area contributed by atoms with Crippen molar-refractivity contribution in [2.24, 2.45) is 5.73 Å². The molecule has 0 spiro atoms. The maximum Gasteiger partial charge on any atom is 0.250 e. The number of aromatic nitrogens is 1. The number of carbonyl (C=O) groups is 2. The molecule has 0 saturated heterocycles. The minimum absolute atomic E-state index is 0.364. The van der Waals surface area contributed by atoms with Gasteiger partial charge in [-0.25, -0.2) is 0 Å². The third kappa shape index (κ3) is 2.99. The maximum absolute atomic E-state index is 11.6. The Balaban J connectivity index is 2.20. The first kappa shape index (κ1) is 16.0. The van der Waals surface area contributed by atoms with E-state index in [1.807, 2.05) is 6.07 Å². The quantitative estimate of drug-likeness (QED) is 0.639. The number of nitrogens with two attached hydrogens (primary N) is 1. The number of carbonyl (C=O) groups excluding carboxylic acids is 2. The van der Waals surface area contributed by atoms with E-state index < -0.39 is 5.91 Å². The molecule has 1 heterocycles. The third-order valence-electron chi connectivity index (χ3n) is 3.81. The average Bonchev–Trinajstić information content (AvgIpc) is 3.09. The highest BCUT2D eigenvalue weighted by Crippen LogP contribution is 2.32. The van der Waals surface area contributed by atoms with Gasteiger partial charge in [-0.1, -0.05) is 12.6 Å². The lowest BCUT2D eigenvalue weighted by atomic mass is 9.97. The monoisotopic (exact) mass is 330 g/mol. The second-order valence-electron chi connectivity index (χ2n) is 5.40. The van der Waals surface area contributed by atoms with E-state index in [0.717, 1.165) is 22.6 Å². The van der Waals surface area contributed by atoms with Crippen molar-refractivity contribution in [3.05, 3.63) is 66.4 Å². The van der Waals surface area contributed by atoms with Gasteiger partial charge in [-0.3, -0.25) is 9.59 Å². The summed E-state index contributed by atoms with van der Waals surface area (Å²) < 4.78 is 0. The number of rotatable bonds is 4. The van der Waals surface area contributed by atoms with Crippen LogP contribution in [0.4, 0.5) is 5.69 Å². The van der Waals surface area contributed by atoms with Crippen LogP contribution in [0, 0.1) is 11.3 Å². The van der Waals surface area contributed by atoms with Crippen LogP contribution in [0.15, 0.2) is 55.3 Å². The van der Waals surface area contributed by atoms with Crippen molar-refractivity contribution >= 4 is 28.4 Å². The number of amides is 2. The fourth-order valence-electron chi connectivity index (χ4n) is 2.73. The molecule has 3 aromatic rings. The Kier molecular flexibility index (Phi) is 4.06. The number of H-pyrrole nitrogens is 1. The number of hydrogen-bond acceptors (Lipinski definition) is 3. The van der Waals surface area contributed by atoms with Crippen molar-refractivity contribution in [3.63, 3.8) is 0 Å². The van der Waals surface area contributed by atoms with E-state index in [9.17, 15) is 14.9 Å². The number of hydrogen-bond donors (Lipinski definition) is 3. The Morgan fingerprint density at radius 3 is 2.72 bits per heavy atom. The molecule has 122 valence electrons. The van der Waals surface area contributed by atoms with Crippen molar-refractivity contribution in [1.82, 2.24) is 4.98 Å². The number of aromatic amines is 1. The summed E-state index contributed by atoms with van der Waals surface area (Å²) in [7, 11) is 0. The molecule has 0 bridgehead atoms. The Hall–Kier alpha value is -3.85. The van der Waals surface area contributed by atoms with Crippen LogP contribution in [-0.2, 0) is 4.79 Å². The van der Waals surface area contributed by atoms with E-state index in [0.29, 0.717) is 22.3 Å². The van der Waals surface area contributed by atoms with E-state index in [4.69, 9.17) is 5.73 Å². The molecule has 3 rings (SSSR count). The average molecular weight is 330 g/mol. The Morgan fingerprint density at radius 1 is 1.24 bits per heavy atom. The van der Waals surface area contributed by atoms with Gasteiger partial charge in [0.15, 0.2) is 0 Å². The lowest BCUT2D eigenvalue weighted by Gasteiger charge is -2.10. The van der Waals surface area contributed by atoms with Crippen LogP contribution in [0.2, 0.25) is 0 Å². The minimum Gasteiger partial charge on any atom is -0.366 e. The summed E-state index contributed by atoms with van der Waals surface area (Å²) in [4.78, 5) is 26.1. The van der Waals surface area contributed by atoms with Gasteiger partial charge in [0.2, 0.25) is 5.91 Å². The topological polar surface area (TPSA) is 112 Å². The molecule has 25 heavy (non-hydrogen) atoms. The minimum atomic E-state index is -0.524. The van der Waals surface area contributed by atoms with Gasteiger partial charge in [-0.2, -0.15) is 5.26 Å². The van der Waals surface area contributed by atoms with Gasteiger partial charge in [-0.15, -0.1) is 0 Å². The van der Waals surface area contributed by atoms with Crippen LogP contribution in [0.3, 0.4) is 0 Å². The van der Waals surface area contributed by atoms with E-state index in [1.54, 1.807) is 36.5 Å². The maximum atomic E-state index is 11.6. The fourth-order valence-corrected chi connectivity index (χ4v) is 2.73. The van der Waals surface area contributed by atoms with Gasteiger partial charge in [0.1, 0.15) is 0 Å². The highest BCUT2D eigenvalue weighted by atomic mass is 16.1. The van der Waals surface area contributed by atoms with Crippen LogP contribution >= 0.6 is 0 Å². The number of nitrogens with one attached hydrogen (secondary N) is 2. The van der Waals surface area contributed by atoms with Gasteiger partial charge >= 0.3 is 0 Å². The Labute approximate surface area is 143 Å². The molecule has 0 aliphatic rings. The molecule has 0 saturated carbocycles. The van der Waals surface area contributed by atoms with E-state index in [-0.39, 0.29) is 5.91 Å². The molecule has 0 aliphatic carbocycles. The summed E-state index contributed by atoms with van der Waals surface area (Å²) in [6, 6.07) is 12.4.